The van der Waals surface area contributed by atoms with Crippen LogP contribution in [0.1, 0.15) is 11.1 Å². The minimum Gasteiger partial charge on any atom is -0.363 e. The molecule has 0 aromatic heterocycles. The molecule has 1 aliphatic heterocycles. The van der Waals surface area contributed by atoms with Gasteiger partial charge < -0.3 is 15.3 Å². The Morgan fingerprint density at radius 1 is 1.27 bits per heavy atom. The number of aliphatic hydroxyl groups is 1. The summed E-state index contributed by atoms with van der Waals surface area (Å²) in [7, 11) is 0. The molecule has 0 aliphatic carbocycles. The van der Waals surface area contributed by atoms with E-state index in [1.807, 2.05) is 36.4 Å². The zero-order valence-electron chi connectivity index (χ0n) is 11.8. The van der Waals surface area contributed by atoms with Gasteiger partial charge in [-0.3, -0.25) is 0 Å². The fraction of sp³-hybridized carbons (Fsp3) is 0.118. The second kappa shape index (κ2) is 5.72. The number of halogens is 1. The maximum atomic E-state index is 11.6. The molecule has 112 valence electrons. The molecule has 22 heavy (non-hydrogen) atoms. The molecule has 0 bridgehead atoms. The first kappa shape index (κ1) is 15.0. The molecule has 0 saturated carbocycles. The Morgan fingerprint density at radius 3 is 2.68 bits per heavy atom. The summed E-state index contributed by atoms with van der Waals surface area (Å²) in [4.78, 5) is 1.70. The molecule has 1 atom stereocenters. The third kappa shape index (κ3) is 2.29. The van der Waals surface area contributed by atoms with Crippen molar-refractivity contribution >= 4 is 34.6 Å². The van der Waals surface area contributed by atoms with Crippen molar-refractivity contribution in [3.63, 3.8) is 0 Å². The van der Waals surface area contributed by atoms with Crippen molar-refractivity contribution < 1.29 is 5.11 Å². The second-order valence-electron chi connectivity index (χ2n) is 5.06. The van der Waals surface area contributed by atoms with Crippen molar-refractivity contribution in [1.29, 1.82) is 0 Å². The van der Waals surface area contributed by atoms with E-state index in [0.717, 1.165) is 11.3 Å². The summed E-state index contributed by atoms with van der Waals surface area (Å²) in [6.45, 7) is 4.16. The number of hydrogen-bond acceptors (Lipinski definition) is 2. The Morgan fingerprint density at radius 2 is 2.00 bits per heavy atom. The quantitative estimate of drug-likeness (QED) is 0.664. The van der Waals surface area contributed by atoms with E-state index in [1.54, 1.807) is 23.1 Å². The third-order valence-corrected chi connectivity index (χ3v) is 4.28. The Kier molecular flexibility index (Phi) is 3.91. The van der Waals surface area contributed by atoms with Crippen LogP contribution in [0.5, 0.6) is 0 Å². The van der Waals surface area contributed by atoms with Gasteiger partial charge in [-0.1, -0.05) is 48.0 Å². The Bertz CT molecular complexity index is 735. The third-order valence-electron chi connectivity index (χ3n) is 3.72. The first-order valence-corrected chi connectivity index (χ1v) is 7.63. The lowest BCUT2D eigenvalue weighted by molar-refractivity contribution is -0.0326. The van der Waals surface area contributed by atoms with Crippen LogP contribution in [-0.4, -0.2) is 21.7 Å². The van der Waals surface area contributed by atoms with Crippen LogP contribution in [0.3, 0.4) is 0 Å². The molecule has 1 unspecified atom stereocenters. The fourth-order valence-electron chi connectivity index (χ4n) is 2.71. The molecule has 2 aromatic rings. The first-order valence-electron chi connectivity index (χ1n) is 6.85. The summed E-state index contributed by atoms with van der Waals surface area (Å²) in [5.41, 5.74) is 0.754. The minimum absolute atomic E-state index is 0.406. The minimum atomic E-state index is -1.39. The Hall–Kier alpha value is -1.88. The number of rotatable bonds is 3. The van der Waals surface area contributed by atoms with E-state index in [2.05, 4.69) is 11.9 Å². The fourth-order valence-corrected chi connectivity index (χ4v) is 3.20. The number of nitrogens with one attached hydrogen (secondary N) is 1. The molecule has 1 heterocycles. The number of benzene rings is 2. The molecule has 0 radical (unpaired) electrons. The van der Waals surface area contributed by atoms with Crippen molar-refractivity contribution in [2.24, 2.45) is 0 Å². The van der Waals surface area contributed by atoms with E-state index < -0.39 is 5.72 Å². The van der Waals surface area contributed by atoms with Crippen molar-refractivity contribution in [1.82, 2.24) is 4.90 Å². The van der Waals surface area contributed by atoms with Crippen LogP contribution < -0.4 is 5.32 Å². The summed E-state index contributed by atoms with van der Waals surface area (Å²) in [6.07, 6.45) is 1.71. The number of thiocarbonyl (C=S) groups is 1. The zero-order valence-corrected chi connectivity index (χ0v) is 13.4. The van der Waals surface area contributed by atoms with E-state index in [1.165, 1.54) is 0 Å². The van der Waals surface area contributed by atoms with Gasteiger partial charge >= 0.3 is 0 Å². The number of hydrogen-bond donors (Lipinski definition) is 2. The van der Waals surface area contributed by atoms with Gasteiger partial charge in [-0.25, -0.2) is 0 Å². The normalized spacial score (nSPS) is 20.3. The molecule has 3 nitrogen and oxygen atoms in total. The van der Waals surface area contributed by atoms with Gasteiger partial charge in [0.2, 0.25) is 0 Å². The molecular weight excluding hydrogens is 316 g/mol. The monoisotopic (exact) mass is 330 g/mol. The first-order chi connectivity index (χ1) is 10.6. The summed E-state index contributed by atoms with van der Waals surface area (Å²) in [5.74, 6) is 0. The van der Waals surface area contributed by atoms with E-state index in [4.69, 9.17) is 23.8 Å². The lowest BCUT2D eigenvalue weighted by Crippen LogP contribution is -2.55. The molecule has 1 aliphatic rings. The number of anilines is 1. The molecule has 2 aromatic carbocycles. The highest BCUT2D eigenvalue weighted by Gasteiger charge is 2.44. The summed E-state index contributed by atoms with van der Waals surface area (Å²) in [6, 6.07) is 14.8. The Labute approximate surface area is 139 Å². The van der Waals surface area contributed by atoms with Gasteiger partial charge in [-0.15, -0.1) is 6.58 Å². The van der Waals surface area contributed by atoms with Crippen LogP contribution in [0, 0.1) is 0 Å². The molecule has 0 amide bonds. The van der Waals surface area contributed by atoms with Crippen molar-refractivity contribution in [2.45, 2.75) is 5.72 Å². The standard InChI is InChI=1S/C17H15ClN2OS/c1-2-10-20-16(22)19-15-9-8-13(18)11-14(15)17(20,21)12-6-4-3-5-7-12/h2-9,11,21H,1,10H2,(H,19,22). The molecule has 5 heteroatoms. The van der Waals surface area contributed by atoms with Gasteiger partial charge in [0.15, 0.2) is 10.8 Å². The predicted octanol–water partition coefficient (Wildman–Crippen LogP) is 3.73. The van der Waals surface area contributed by atoms with Gasteiger partial charge in [0, 0.05) is 28.4 Å². The number of nitrogens with zero attached hydrogens (tertiary/aromatic N) is 1. The van der Waals surface area contributed by atoms with Crippen LogP contribution in [0.15, 0.2) is 61.2 Å². The van der Waals surface area contributed by atoms with E-state index in [-0.39, 0.29) is 0 Å². The summed E-state index contributed by atoms with van der Waals surface area (Å²) >= 11 is 11.6. The second-order valence-corrected chi connectivity index (χ2v) is 5.88. The van der Waals surface area contributed by atoms with Crippen molar-refractivity contribution in [3.8, 4) is 0 Å². The lowest BCUT2D eigenvalue weighted by Gasteiger charge is -2.46. The summed E-state index contributed by atoms with van der Waals surface area (Å²) in [5, 5.41) is 15.7. The topological polar surface area (TPSA) is 35.5 Å². The molecule has 0 spiro atoms. The molecular formula is C17H15ClN2OS. The van der Waals surface area contributed by atoms with Gasteiger partial charge in [-0.2, -0.15) is 0 Å². The summed E-state index contributed by atoms with van der Waals surface area (Å²) < 4.78 is 0. The van der Waals surface area contributed by atoms with Gasteiger partial charge in [0.1, 0.15) is 0 Å². The smallest absolute Gasteiger partial charge is 0.195 e. The van der Waals surface area contributed by atoms with E-state index in [0.29, 0.717) is 22.2 Å². The van der Waals surface area contributed by atoms with Crippen LogP contribution in [0.4, 0.5) is 5.69 Å². The maximum Gasteiger partial charge on any atom is 0.195 e. The Balaban J connectivity index is 2.28. The molecule has 0 fully saturated rings. The predicted molar refractivity (Wildman–Crippen MR) is 94.0 cm³/mol. The maximum absolute atomic E-state index is 11.6. The van der Waals surface area contributed by atoms with E-state index >= 15 is 0 Å². The van der Waals surface area contributed by atoms with Gasteiger partial charge in [-0.05, 0) is 30.4 Å². The number of fused-ring (bicyclic) bond motifs is 1. The molecule has 3 rings (SSSR count). The van der Waals surface area contributed by atoms with Gasteiger partial charge in [0.25, 0.3) is 0 Å². The highest BCUT2D eigenvalue weighted by molar-refractivity contribution is 7.80. The van der Waals surface area contributed by atoms with Crippen LogP contribution >= 0.6 is 23.8 Å². The van der Waals surface area contributed by atoms with Crippen LogP contribution in [0.2, 0.25) is 5.02 Å². The molecule has 2 N–H and O–H groups in total. The zero-order chi connectivity index (χ0) is 15.7. The van der Waals surface area contributed by atoms with Crippen molar-refractivity contribution in [3.05, 3.63) is 77.3 Å². The highest BCUT2D eigenvalue weighted by atomic mass is 35.5. The van der Waals surface area contributed by atoms with Crippen LogP contribution in [-0.2, 0) is 5.72 Å². The average Bonchev–Trinajstić information content (AvgIpc) is 2.53. The average molecular weight is 331 g/mol. The molecule has 0 saturated heterocycles. The SMILES string of the molecule is C=CCN1C(=S)Nc2ccc(Cl)cc2C1(O)c1ccccc1. The van der Waals surface area contributed by atoms with Gasteiger partial charge in [0.05, 0.1) is 0 Å². The van der Waals surface area contributed by atoms with E-state index in [9.17, 15) is 5.11 Å². The lowest BCUT2D eigenvalue weighted by atomic mass is 9.90. The highest BCUT2D eigenvalue weighted by Crippen LogP contribution is 2.42. The van der Waals surface area contributed by atoms with Crippen molar-refractivity contribution in [2.75, 3.05) is 11.9 Å². The van der Waals surface area contributed by atoms with Crippen LogP contribution in [0.25, 0.3) is 0 Å². The largest absolute Gasteiger partial charge is 0.363 e.